The zero-order chi connectivity index (χ0) is 24.9. The number of carbonyl (C=O) groups is 2. The van der Waals surface area contributed by atoms with Gasteiger partial charge in [-0.2, -0.15) is 0 Å². The van der Waals surface area contributed by atoms with Crippen molar-refractivity contribution in [3.05, 3.63) is 63.1 Å². The van der Waals surface area contributed by atoms with Crippen molar-refractivity contribution in [2.24, 2.45) is 0 Å². The molecule has 0 aromatic heterocycles. The number of ether oxygens (including phenoxy) is 1. The van der Waals surface area contributed by atoms with E-state index in [1.807, 2.05) is 30.3 Å². The molecule has 1 aliphatic carbocycles. The average Bonchev–Trinajstić information content (AvgIpc) is 3.29. The van der Waals surface area contributed by atoms with Gasteiger partial charge >= 0.3 is 0 Å². The normalized spacial score (nSPS) is 15.1. The van der Waals surface area contributed by atoms with Crippen molar-refractivity contribution in [1.82, 2.24) is 10.2 Å². The lowest BCUT2D eigenvalue weighted by Crippen LogP contribution is -2.50. The molecule has 34 heavy (non-hydrogen) atoms. The fourth-order valence-corrected chi connectivity index (χ4v) is 4.69. The van der Waals surface area contributed by atoms with E-state index in [1.165, 1.54) is 5.56 Å². The molecule has 2 aromatic rings. The summed E-state index contributed by atoms with van der Waals surface area (Å²) in [6, 6.07) is 12.8. The quantitative estimate of drug-likeness (QED) is 0.423. The number of nitrogens with one attached hydrogen (secondary N) is 1. The monoisotopic (exact) mass is 548 g/mol. The van der Waals surface area contributed by atoms with Gasteiger partial charge in [-0.3, -0.25) is 9.59 Å². The molecule has 2 aromatic carbocycles. The number of rotatable bonds is 8. The van der Waals surface area contributed by atoms with Gasteiger partial charge in [-0.25, -0.2) is 0 Å². The van der Waals surface area contributed by atoms with Gasteiger partial charge in [0.15, 0.2) is 6.61 Å². The zero-order valence-corrected chi connectivity index (χ0v) is 22.7. The Balaban J connectivity index is 1.72. The van der Waals surface area contributed by atoms with Gasteiger partial charge in [0.2, 0.25) is 5.91 Å². The Morgan fingerprint density at radius 2 is 1.79 bits per heavy atom. The summed E-state index contributed by atoms with van der Waals surface area (Å²) in [7, 11) is 0. The molecular weight excluding hydrogens is 516 g/mol. The van der Waals surface area contributed by atoms with E-state index in [4.69, 9.17) is 16.3 Å². The molecule has 2 amide bonds. The Labute approximate surface area is 216 Å². The van der Waals surface area contributed by atoms with E-state index >= 15 is 0 Å². The third-order valence-electron chi connectivity index (χ3n) is 6.28. The summed E-state index contributed by atoms with van der Waals surface area (Å²) in [5, 5.41) is 3.74. The Morgan fingerprint density at radius 3 is 2.38 bits per heavy atom. The van der Waals surface area contributed by atoms with Crippen LogP contribution in [0, 0.1) is 0 Å². The fraction of sp³-hybridized carbons (Fsp3) is 0.481. The topological polar surface area (TPSA) is 58.6 Å². The molecule has 1 atom stereocenters. The predicted octanol–water partition coefficient (Wildman–Crippen LogP) is 6.25. The van der Waals surface area contributed by atoms with Crippen LogP contribution < -0.4 is 10.1 Å². The number of hydrogen-bond donors (Lipinski definition) is 1. The summed E-state index contributed by atoms with van der Waals surface area (Å²) in [6.45, 7) is 8.33. The van der Waals surface area contributed by atoms with E-state index in [-0.39, 0.29) is 29.9 Å². The first kappa shape index (κ1) is 26.6. The van der Waals surface area contributed by atoms with Crippen molar-refractivity contribution in [3.63, 3.8) is 0 Å². The fourth-order valence-electron chi connectivity index (χ4n) is 4.07. The molecule has 0 radical (unpaired) electrons. The molecule has 0 unspecified atom stereocenters. The lowest BCUT2D eigenvalue weighted by Gasteiger charge is -2.30. The number of halogens is 2. The van der Waals surface area contributed by atoms with E-state index in [0.717, 1.165) is 35.7 Å². The third kappa shape index (κ3) is 7.22. The standard InChI is InChI=1S/C27H34BrClN2O3/c1-18(26(33)30-22-7-5-6-8-22)31(16-19-9-12-21(29)13-10-19)25(32)17-34-24-14-11-20(15-23(24)28)27(2,3)4/h9-15,18,22H,5-8,16-17H2,1-4H3,(H,30,33)/t18-/m1/s1. The van der Waals surface area contributed by atoms with Crippen molar-refractivity contribution in [3.8, 4) is 5.75 Å². The average molecular weight is 550 g/mol. The molecule has 3 rings (SSSR count). The van der Waals surface area contributed by atoms with Gasteiger partial charge in [0, 0.05) is 17.6 Å². The first-order valence-electron chi connectivity index (χ1n) is 11.8. The molecule has 0 saturated heterocycles. The van der Waals surface area contributed by atoms with Gasteiger partial charge in [-0.15, -0.1) is 0 Å². The van der Waals surface area contributed by atoms with Crippen LogP contribution in [0.3, 0.4) is 0 Å². The highest BCUT2D eigenvalue weighted by molar-refractivity contribution is 9.10. The highest BCUT2D eigenvalue weighted by Gasteiger charge is 2.29. The summed E-state index contributed by atoms with van der Waals surface area (Å²) >= 11 is 9.58. The van der Waals surface area contributed by atoms with Gasteiger partial charge in [-0.05, 0) is 76.5 Å². The van der Waals surface area contributed by atoms with Crippen molar-refractivity contribution in [2.75, 3.05) is 6.61 Å². The molecule has 1 N–H and O–H groups in total. The largest absolute Gasteiger partial charge is 0.483 e. The number of amides is 2. The maximum atomic E-state index is 13.3. The molecule has 1 fully saturated rings. The Kier molecular flexibility index (Phi) is 9.05. The molecule has 1 aliphatic rings. The van der Waals surface area contributed by atoms with Crippen molar-refractivity contribution in [1.29, 1.82) is 0 Å². The van der Waals surface area contributed by atoms with Gasteiger partial charge < -0.3 is 15.0 Å². The number of benzene rings is 2. The van der Waals surface area contributed by atoms with Gasteiger partial charge in [0.05, 0.1) is 4.47 Å². The van der Waals surface area contributed by atoms with Crippen LogP contribution in [0.2, 0.25) is 5.02 Å². The Morgan fingerprint density at radius 1 is 1.15 bits per heavy atom. The lowest BCUT2D eigenvalue weighted by atomic mass is 9.87. The second-order valence-corrected chi connectivity index (χ2v) is 11.3. The molecule has 0 bridgehead atoms. The molecule has 7 heteroatoms. The maximum absolute atomic E-state index is 13.3. The minimum absolute atomic E-state index is 0.00829. The van der Waals surface area contributed by atoms with Crippen molar-refractivity contribution < 1.29 is 14.3 Å². The van der Waals surface area contributed by atoms with Crippen LogP contribution in [0.4, 0.5) is 0 Å². The van der Waals surface area contributed by atoms with E-state index in [9.17, 15) is 9.59 Å². The van der Waals surface area contributed by atoms with E-state index in [0.29, 0.717) is 17.3 Å². The van der Waals surface area contributed by atoms with Crippen LogP contribution in [0.15, 0.2) is 46.9 Å². The number of hydrogen-bond acceptors (Lipinski definition) is 3. The molecular formula is C27H34BrClN2O3. The van der Waals surface area contributed by atoms with Gasteiger partial charge in [-0.1, -0.05) is 63.4 Å². The van der Waals surface area contributed by atoms with Gasteiger partial charge in [0.25, 0.3) is 5.91 Å². The van der Waals surface area contributed by atoms with Crippen LogP contribution in [-0.4, -0.2) is 35.4 Å². The van der Waals surface area contributed by atoms with Crippen LogP contribution in [0.5, 0.6) is 5.75 Å². The van der Waals surface area contributed by atoms with E-state index in [2.05, 4.69) is 42.0 Å². The summed E-state index contributed by atoms with van der Waals surface area (Å²) in [5.41, 5.74) is 2.07. The van der Waals surface area contributed by atoms with Crippen LogP contribution in [-0.2, 0) is 21.5 Å². The van der Waals surface area contributed by atoms with Crippen LogP contribution >= 0.6 is 27.5 Å². The Bertz CT molecular complexity index is 998. The summed E-state index contributed by atoms with van der Waals surface area (Å²) < 4.78 is 6.67. The maximum Gasteiger partial charge on any atom is 0.261 e. The molecule has 0 spiro atoms. The molecule has 0 aliphatic heterocycles. The van der Waals surface area contributed by atoms with Crippen molar-refractivity contribution in [2.45, 2.75) is 77.4 Å². The molecule has 5 nitrogen and oxygen atoms in total. The predicted molar refractivity (Wildman–Crippen MR) is 140 cm³/mol. The highest BCUT2D eigenvalue weighted by atomic mass is 79.9. The minimum Gasteiger partial charge on any atom is -0.483 e. The minimum atomic E-state index is -0.626. The second kappa shape index (κ2) is 11.6. The Hall–Kier alpha value is -2.05. The van der Waals surface area contributed by atoms with E-state index < -0.39 is 6.04 Å². The van der Waals surface area contributed by atoms with E-state index in [1.54, 1.807) is 24.0 Å². The molecule has 1 saturated carbocycles. The lowest BCUT2D eigenvalue weighted by molar-refractivity contribution is -0.142. The SMILES string of the molecule is C[C@H](C(=O)NC1CCCC1)N(Cc1ccc(Cl)cc1)C(=O)COc1ccc(C(C)(C)C)cc1Br. The van der Waals surface area contributed by atoms with Crippen LogP contribution in [0.1, 0.15) is 64.5 Å². The van der Waals surface area contributed by atoms with Crippen LogP contribution in [0.25, 0.3) is 0 Å². The zero-order valence-electron chi connectivity index (χ0n) is 20.4. The molecule has 184 valence electrons. The van der Waals surface area contributed by atoms with Crippen molar-refractivity contribution >= 4 is 39.3 Å². The first-order valence-corrected chi connectivity index (χ1v) is 13.0. The third-order valence-corrected chi connectivity index (χ3v) is 7.16. The van der Waals surface area contributed by atoms with Gasteiger partial charge in [0.1, 0.15) is 11.8 Å². The summed E-state index contributed by atoms with van der Waals surface area (Å²) in [6.07, 6.45) is 4.24. The summed E-state index contributed by atoms with van der Waals surface area (Å²) in [5.74, 6) is 0.205. The smallest absolute Gasteiger partial charge is 0.261 e. The highest BCUT2D eigenvalue weighted by Crippen LogP contribution is 2.31. The molecule has 0 heterocycles. The number of carbonyl (C=O) groups excluding carboxylic acids is 2. The summed E-state index contributed by atoms with van der Waals surface area (Å²) in [4.78, 5) is 27.8. The number of nitrogens with zero attached hydrogens (tertiary/aromatic N) is 1. The first-order chi connectivity index (χ1) is 16.0. The second-order valence-electron chi connectivity index (χ2n) is 10.00.